The molecule has 0 atom stereocenters. The molecule has 0 radical (unpaired) electrons. The van der Waals surface area contributed by atoms with Crippen LogP contribution >= 0.6 is 0 Å². The van der Waals surface area contributed by atoms with Gasteiger partial charge in [0.15, 0.2) is 5.82 Å². The molecule has 3 heterocycles. The van der Waals surface area contributed by atoms with Gasteiger partial charge in [-0.25, -0.2) is 4.98 Å². The standard InChI is InChI=1S/C23H26N6/c1-4-21-25-26-23-22(24-18-7-5-6-8-19(18)29(21)23)28-13-11-27(12-14-28)20-15-16(2)9-10-17(20)3/h5-10,15H,4,11-14H2,1-3H3. The number of hydrogen-bond acceptors (Lipinski definition) is 5. The molecule has 0 spiro atoms. The molecule has 0 saturated carbocycles. The van der Waals surface area contributed by atoms with Crippen molar-refractivity contribution in [3.8, 4) is 0 Å². The fraction of sp³-hybridized carbons (Fsp3) is 0.348. The number of rotatable bonds is 3. The Morgan fingerprint density at radius 2 is 1.66 bits per heavy atom. The van der Waals surface area contributed by atoms with E-state index in [9.17, 15) is 0 Å². The van der Waals surface area contributed by atoms with Crippen LogP contribution in [0.1, 0.15) is 23.9 Å². The summed E-state index contributed by atoms with van der Waals surface area (Å²) in [6, 6.07) is 15.0. The van der Waals surface area contributed by atoms with Gasteiger partial charge < -0.3 is 9.80 Å². The quantitative estimate of drug-likeness (QED) is 0.536. The Bertz CT molecular complexity index is 1190. The lowest BCUT2D eigenvalue weighted by Gasteiger charge is -2.37. The molecule has 2 aromatic carbocycles. The fourth-order valence-corrected chi connectivity index (χ4v) is 4.29. The van der Waals surface area contributed by atoms with E-state index < -0.39 is 0 Å². The molecule has 0 amide bonds. The molecule has 0 aliphatic carbocycles. The van der Waals surface area contributed by atoms with Gasteiger partial charge in [0.25, 0.3) is 0 Å². The van der Waals surface area contributed by atoms with Crippen molar-refractivity contribution in [1.82, 2.24) is 19.6 Å². The van der Waals surface area contributed by atoms with Gasteiger partial charge in [-0.1, -0.05) is 31.2 Å². The lowest BCUT2D eigenvalue weighted by Crippen LogP contribution is -2.47. The molecule has 29 heavy (non-hydrogen) atoms. The number of nitrogens with zero attached hydrogens (tertiary/aromatic N) is 6. The maximum atomic E-state index is 4.99. The van der Waals surface area contributed by atoms with E-state index in [4.69, 9.17) is 4.98 Å². The predicted molar refractivity (Wildman–Crippen MR) is 118 cm³/mol. The zero-order valence-corrected chi connectivity index (χ0v) is 17.3. The van der Waals surface area contributed by atoms with Gasteiger partial charge in [0.05, 0.1) is 11.0 Å². The lowest BCUT2D eigenvalue weighted by atomic mass is 10.1. The van der Waals surface area contributed by atoms with Gasteiger partial charge in [-0.15, -0.1) is 10.2 Å². The van der Waals surface area contributed by atoms with Crippen LogP contribution in [-0.2, 0) is 6.42 Å². The summed E-state index contributed by atoms with van der Waals surface area (Å²) in [4.78, 5) is 9.83. The minimum absolute atomic E-state index is 0.842. The van der Waals surface area contributed by atoms with Crippen molar-refractivity contribution in [3.63, 3.8) is 0 Å². The summed E-state index contributed by atoms with van der Waals surface area (Å²) in [5.41, 5.74) is 6.91. The van der Waals surface area contributed by atoms with Crippen LogP contribution in [0.5, 0.6) is 0 Å². The van der Waals surface area contributed by atoms with E-state index in [0.29, 0.717) is 0 Å². The van der Waals surface area contributed by atoms with Gasteiger partial charge >= 0.3 is 0 Å². The Hall–Kier alpha value is -3.15. The molecule has 4 aromatic rings. The normalized spacial score (nSPS) is 14.9. The minimum Gasteiger partial charge on any atom is -0.368 e. The smallest absolute Gasteiger partial charge is 0.204 e. The van der Waals surface area contributed by atoms with E-state index in [0.717, 1.165) is 60.9 Å². The van der Waals surface area contributed by atoms with Crippen LogP contribution in [0.25, 0.3) is 16.7 Å². The summed E-state index contributed by atoms with van der Waals surface area (Å²) >= 11 is 0. The van der Waals surface area contributed by atoms with Crippen molar-refractivity contribution >= 4 is 28.2 Å². The third-order valence-corrected chi connectivity index (χ3v) is 5.88. The Labute approximate surface area is 170 Å². The molecule has 6 heteroatoms. The maximum Gasteiger partial charge on any atom is 0.204 e. The summed E-state index contributed by atoms with van der Waals surface area (Å²) in [6.07, 6.45) is 0.842. The first-order valence-electron chi connectivity index (χ1n) is 10.4. The topological polar surface area (TPSA) is 49.6 Å². The lowest BCUT2D eigenvalue weighted by molar-refractivity contribution is 0.647. The maximum absolute atomic E-state index is 4.99. The monoisotopic (exact) mass is 386 g/mol. The first-order valence-corrected chi connectivity index (χ1v) is 10.4. The average molecular weight is 387 g/mol. The largest absolute Gasteiger partial charge is 0.368 e. The highest BCUT2D eigenvalue weighted by Crippen LogP contribution is 2.28. The van der Waals surface area contributed by atoms with Crippen LogP contribution in [-0.4, -0.2) is 45.8 Å². The molecule has 6 nitrogen and oxygen atoms in total. The highest BCUT2D eigenvalue weighted by Gasteiger charge is 2.24. The van der Waals surface area contributed by atoms with Crippen molar-refractivity contribution in [2.24, 2.45) is 0 Å². The number of para-hydroxylation sites is 2. The Balaban J connectivity index is 1.50. The van der Waals surface area contributed by atoms with Crippen LogP contribution in [0.3, 0.4) is 0 Å². The summed E-state index contributed by atoms with van der Waals surface area (Å²) < 4.78 is 2.18. The van der Waals surface area contributed by atoms with Crippen molar-refractivity contribution < 1.29 is 0 Å². The number of aryl methyl sites for hydroxylation is 3. The number of piperazine rings is 1. The van der Waals surface area contributed by atoms with Gasteiger partial charge in [-0.05, 0) is 43.2 Å². The molecular weight excluding hydrogens is 360 g/mol. The van der Waals surface area contributed by atoms with E-state index >= 15 is 0 Å². The van der Waals surface area contributed by atoms with Gasteiger partial charge in [0.1, 0.15) is 5.82 Å². The minimum atomic E-state index is 0.842. The first kappa shape index (κ1) is 17.9. The summed E-state index contributed by atoms with van der Waals surface area (Å²) in [6.45, 7) is 10.3. The molecule has 0 unspecified atom stereocenters. The Morgan fingerprint density at radius 1 is 0.897 bits per heavy atom. The summed E-state index contributed by atoms with van der Waals surface area (Å²) in [5, 5.41) is 8.95. The highest BCUT2D eigenvalue weighted by molar-refractivity contribution is 5.83. The molecule has 2 aromatic heterocycles. The van der Waals surface area contributed by atoms with Crippen LogP contribution in [0.4, 0.5) is 11.5 Å². The second-order valence-electron chi connectivity index (χ2n) is 7.82. The van der Waals surface area contributed by atoms with E-state index in [1.165, 1.54) is 16.8 Å². The molecule has 1 saturated heterocycles. The second-order valence-corrected chi connectivity index (χ2v) is 7.82. The van der Waals surface area contributed by atoms with Gasteiger partial charge in [-0.2, -0.15) is 0 Å². The molecule has 1 fully saturated rings. The van der Waals surface area contributed by atoms with Crippen molar-refractivity contribution in [3.05, 3.63) is 59.4 Å². The first-order chi connectivity index (χ1) is 14.2. The van der Waals surface area contributed by atoms with E-state index in [1.54, 1.807) is 0 Å². The van der Waals surface area contributed by atoms with Crippen LogP contribution in [0, 0.1) is 13.8 Å². The molecule has 0 bridgehead atoms. The molecule has 5 rings (SSSR count). The van der Waals surface area contributed by atoms with Crippen LogP contribution < -0.4 is 9.80 Å². The van der Waals surface area contributed by atoms with Crippen LogP contribution in [0.2, 0.25) is 0 Å². The SMILES string of the molecule is CCc1nnc2c(N3CCN(c4cc(C)ccc4C)CC3)nc3ccccc3n12. The summed E-state index contributed by atoms with van der Waals surface area (Å²) in [7, 11) is 0. The van der Waals surface area contributed by atoms with E-state index in [2.05, 4.69) is 75.5 Å². The third-order valence-electron chi connectivity index (χ3n) is 5.88. The molecule has 1 aliphatic rings. The van der Waals surface area contributed by atoms with Crippen molar-refractivity contribution in [2.75, 3.05) is 36.0 Å². The van der Waals surface area contributed by atoms with Crippen molar-refractivity contribution in [2.45, 2.75) is 27.2 Å². The molecule has 0 N–H and O–H groups in total. The molecule has 1 aliphatic heterocycles. The Morgan fingerprint density at radius 3 is 2.45 bits per heavy atom. The zero-order chi connectivity index (χ0) is 20.0. The number of anilines is 2. The molecular formula is C23H26N6. The average Bonchev–Trinajstić information content (AvgIpc) is 3.20. The van der Waals surface area contributed by atoms with Crippen LogP contribution in [0.15, 0.2) is 42.5 Å². The van der Waals surface area contributed by atoms with Crippen molar-refractivity contribution in [1.29, 1.82) is 0 Å². The highest BCUT2D eigenvalue weighted by atomic mass is 15.3. The second kappa shape index (κ2) is 7.03. The number of aromatic nitrogens is 4. The molecule has 148 valence electrons. The summed E-state index contributed by atoms with van der Waals surface area (Å²) in [5.74, 6) is 1.92. The number of benzene rings is 2. The van der Waals surface area contributed by atoms with Gasteiger partial charge in [0, 0.05) is 38.3 Å². The number of fused-ring (bicyclic) bond motifs is 3. The van der Waals surface area contributed by atoms with Gasteiger partial charge in [-0.3, -0.25) is 4.40 Å². The fourth-order valence-electron chi connectivity index (χ4n) is 4.29. The Kier molecular flexibility index (Phi) is 4.34. The van der Waals surface area contributed by atoms with E-state index in [1.807, 2.05) is 12.1 Å². The third kappa shape index (κ3) is 2.99. The number of hydrogen-bond donors (Lipinski definition) is 0. The van der Waals surface area contributed by atoms with Gasteiger partial charge in [0.2, 0.25) is 5.65 Å². The predicted octanol–water partition coefficient (Wildman–Crippen LogP) is 3.78. The zero-order valence-electron chi connectivity index (χ0n) is 17.3. The van der Waals surface area contributed by atoms with E-state index in [-0.39, 0.29) is 0 Å².